The lowest BCUT2D eigenvalue weighted by Crippen LogP contribution is -2.47. The van der Waals surface area contributed by atoms with Crippen LogP contribution >= 0.6 is 11.5 Å². The molecule has 2 heterocycles. The Morgan fingerprint density at radius 3 is 2.66 bits per heavy atom. The summed E-state index contributed by atoms with van der Waals surface area (Å²) < 4.78 is 5.64. The Hall–Kier alpha value is -1.86. The van der Waals surface area contributed by atoms with Crippen molar-refractivity contribution < 1.29 is 4.79 Å². The molecular formula is C22H33N5OS. The fourth-order valence-electron chi connectivity index (χ4n) is 4.63. The number of benzene rings is 1. The standard InChI is InChI=1S/C22H33N5OS/c1-25(2)22(28)24-18-8-6-17(7-9-18)10-11-26-12-14-27(15-13-26)20-4-3-5-21-19(20)16-23-29-21/h3-5,16-18H,6-15H2,1-2H3,(H,24,28). The number of rotatable bonds is 5. The summed E-state index contributed by atoms with van der Waals surface area (Å²) in [5.74, 6) is 0.811. The van der Waals surface area contributed by atoms with E-state index >= 15 is 0 Å². The zero-order valence-electron chi connectivity index (χ0n) is 17.6. The quantitative estimate of drug-likeness (QED) is 0.810. The first-order chi connectivity index (χ1) is 14.1. The molecule has 2 amide bonds. The SMILES string of the molecule is CN(C)C(=O)NC1CCC(CCN2CCN(c3cccc4sncc34)CC2)CC1. The lowest BCUT2D eigenvalue weighted by molar-refractivity contribution is 0.194. The van der Waals surface area contributed by atoms with E-state index in [9.17, 15) is 4.79 Å². The minimum atomic E-state index is 0.0419. The molecular weight excluding hydrogens is 382 g/mol. The predicted octanol–water partition coefficient (Wildman–Crippen LogP) is 3.64. The van der Waals surface area contributed by atoms with Crippen molar-refractivity contribution in [2.45, 2.75) is 38.1 Å². The van der Waals surface area contributed by atoms with Gasteiger partial charge in [0.25, 0.3) is 0 Å². The van der Waals surface area contributed by atoms with Crippen LogP contribution in [0.4, 0.5) is 10.5 Å². The van der Waals surface area contributed by atoms with Gasteiger partial charge in [0.15, 0.2) is 0 Å². The molecule has 29 heavy (non-hydrogen) atoms. The van der Waals surface area contributed by atoms with Gasteiger partial charge in [-0.05, 0) is 68.2 Å². The van der Waals surface area contributed by atoms with Crippen molar-refractivity contribution in [3.63, 3.8) is 0 Å². The summed E-state index contributed by atoms with van der Waals surface area (Å²) in [5, 5.41) is 4.44. The predicted molar refractivity (Wildman–Crippen MR) is 121 cm³/mol. The average molecular weight is 416 g/mol. The van der Waals surface area contributed by atoms with Crippen LogP contribution in [0.1, 0.15) is 32.1 Å². The molecule has 1 aliphatic heterocycles. The van der Waals surface area contributed by atoms with Crippen LogP contribution in [0.5, 0.6) is 0 Å². The highest BCUT2D eigenvalue weighted by atomic mass is 32.1. The van der Waals surface area contributed by atoms with E-state index in [1.807, 2.05) is 6.20 Å². The smallest absolute Gasteiger partial charge is 0.317 e. The second-order valence-electron chi connectivity index (χ2n) is 8.69. The number of anilines is 1. The van der Waals surface area contributed by atoms with E-state index in [1.165, 1.54) is 41.6 Å². The summed E-state index contributed by atoms with van der Waals surface area (Å²) in [6, 6.07) is 6.95. The van der Waals surface area contributed by atoms with Gasteiger partial charge >= 0.3 is 6.03 Å². The van der Waals surface area contributed by atoms with Gasteiger partial charge in [0.1, 0.15) is 0 Å². The van der Waals surface area contributed by atoms with Gasteiger partial charge in [-0.2, -0.15) is 4.37 Å². The summed E-state index contributed by atoms with van der Waals surface area (Å²) in [7, 11) is 3.61. The van der Waals surface area contributed by atoms with E-state index in [0.717, 1.165) is 44.9 Å². The molecule has 2 aromatic rings. The molecule has 2 fully saturated rings. The molecule has 0 spiro atoms. The van der Waals surface area contributed by atoms with Crippen molar-refractivity contribution in [3.05, 3.63) is 24.4 Å². The molecule has 1 aliphatic carbocycles. The van der Waals surface area contributed by atoms with Gasteiger partial charge in [-0.15, -0.1) is 0 Å². The molecule has 158 valence electrons. The molecule has 6 nitrogen and oxygen atoms in total. The zero-order chi connectivity index (χ0) is 20.2. The minimum Gasteiger partial charge on any atom is -0.368 e. The van der Waals surface area contributed by atoms with Crippen LogP contribution in [-0.4, -0.2) is 73.1 Å². The highest BCUT2D eigenvalue weighted by molar-refractivity contribution is 7.13. The average Bonchev–Trinajstić information content (AvgIpc) is 3.22. The Morgan fingerprint density at radius 2 is 1.93 bits per heavy atom. The van der Waals surface area contributed by atoms with Gasteiger partial charge in [-0.3, -0.25) is 4.90 Å². The first-order valence-corrected chi connectivity index (χ1v) is 11.7. The van der Waals surface area contributed by atoms with E-state index in [4.69, 9.17) is 0 Å². The Labute approximate surface area is 178 Å². The topological polar surface area (TPSA) is 51.7 Å². The second-order valence-corrected chi connectivity index (χ2v) is 9.53. The number of hydrogen-bond donors (Lipinski definition) is 1. The number of amides is 2. The zero-order valence-corrected chi connectivity index (χ0v) is 18.5. The van der Waals surface area contributed by atoms with Gasteiger partial charge in [-0.1, -0.05) is 6.07 Å². The highest BCUT2D eigenvalue weighted by Gasteiger charge is 2.24. The Balaban J connectivity index is 1.18. The van der Waals surface area contributed by atoms with Crippen LogP contribution in [0.25, 0.3) is 10.1 Å². The summed E-state index contributed by atoms with van der Waals surface area (Å²) in [4.78, 5) is 18.6. The number of nitrogens with zero attached hydrogens (tertiary/aromatic N) is 4. The van der Waals surface area contributed by atoms with E-state index < -0.39 is 0 Å². The summed E-state index contributed by atoms with van der Waals surface area (Å²) in [5.41, 5.74) is 1.34. The first-order valence-electron chi connectivity index (χ1n) is 10.9. The number of urea groups is 1. The Kier molecular flexibility index (Phi) is 6.55. The summed E-state index contributed by atoms with van der Waals surface area (Å²) in [6.07, 6.45) is 8.03. The molecule has 2 aliphatic rings. The van der Waals surface area contributed by atoms with Crippen LogP contribution in [0, 0.1) is 5.92 Å². The third kappa shape index (κ3) is 5.01. The van der Waals surface area contributed by atoms with Gasteiger partial charge in [-0.25, -0.2) is 4.79 Å². The van der Waals surface area contributed by atoms with Crippen LogP contribution < -0.4 is 10.2 Å². The number of carbonyl (C=O) groups is 1. The lowest BCUT2D eigenvalue weighted by Gasteiger charge is -2.37. The van der Waals surface area contributed by atoms with E-state index in [-0.39, 0.29) is 6.03 Å². The third-order valence-electron chi connectivity index (χ3n) is 6.52. The minimum absolute atomic E-state index is 0.0419. The van der Waals surface area contributed by atoms with Crippen molar-refractivity contribution in [2.75, 3.05) is 51.7 Å². The normalized spacial score (nSPS) is 23.3. The third-order valence-corrected chi connectivity index (χ3v) is 7.29. The van der Waals surface area contributed by atoms with E-state index in [2.05, 4.69) is 37.7 Å². The second kappa shape index (κ2) is 9.30. The number of nitrogens with one attached hydrogen (secondary N) is 1. The van der Waals surface area contributed by atoms with Crippen molar-refractivity contribution in [1.29, 1.82) is 0 Å². The molecule has 0 radical (unpaired) electrons. The van der Waals surface area contributed by atoms with Gasteiger partial charge in [0.05, 0.1) is 10.9 Å². The molecule has 1 aromatic heterocycles. The lowest BCUT2D eigenvalue weighted by atomic mass is 9.84. The van der Waals surface area contributed by atoms with E-state index in [0.29, 0.717) is 6.04 Å². The van der Waals surface area contributed by atoms with Crippen LogP contribution in [-0.2, 0) is 0 Å². The molecule has 1 N–H and O–H groups in total. The fourth-order valence-corrected chi connectivity index (χ4v) is 5.30. The maximum Gasteiger partial charge on any atom is 0.317 e. The molecule has 7 heteroatoms. The van der Waals surface area contributed by atoms with Crippen LogP contribution in [0.2, 0.25) is 0 Å². The van der Waals surface area contributed by atoms with Crippen molar-refractivity contribution >= 4 is 33.3 Å². The molecule has 0 bridgehead atoms. The number of carbonyl (C=O) groups excluding carboxylic acids is 1. The van der Waals surface area contributed by atoms with Crippen LogP contribution in [0.3, 0.4) is 0 Å². The summed E-state index contributed by atoms with van der Waals surface area (Å²) >= 11 is 1.58. The molecule has 0 atom stereocenters. The summed E-state index contributed by atoms with van der Waals surface area (Å²) in [6.45, 7) is 5.68. The van der Waals surface area contributed by atoms with Crippen molar-refractivity contribution in [3.8, 4) is 0 Å². The molecule has 1 saturated carbocycles. The molecule has 1 aromatic carbocycles. The monoisotopic (exact) mass is 415 g/mol. The van der Waals surface area contributed by atoms with Crippen molar-refractivity contribution in [1.82, 2.24) is 19.5 Å². The van der Waals surface area contributed by atoms with Gasteiger partial charge in [0, 0.05) is 57.4 Å². The first kappa shape index (κ1) is 20.4. The number of fused-ring (bicyclic) bond motifs is 1. The van der Waals surface area contributed by atoms with Crippen molar-refractivity contribution in [2.24, 2.45) is 5.92 Å². The number of aromatic nitrogens is 1. The highest BCUT2D eigenvalue weighted by Crippen LogP contribution is 2.30. The number of piperazine rings is 1. The Bertz CT molecular complexity index is 806. The number of hydrogen-bond acceptors (Lipinski definition) is 5. The van der Waals surface area contributed by atoms with Gasteiger partial charge in [0.2, 0.25) is 0 Å². The van der Waals surface area contributed by atoms with Crippen LogP contribution in [0.15, 0.2) is 24.4 Å². The largest absolute Gasteiger partial charge is 0.368 e. The molecule has 0 unspecified atom stereocenters. The Morgan fingerprint density at radius 1 is 1.17 bits per heavy atom. The maximum absolute atomic E-state index is 11.8. The van der Waals surface area contributed by atoms with E-state index in [1.54, 1.807) is 30.5 Å². The maximum atomic E-state index is 11.8. The molecule has 4 rings (SSSR count). The van der Waals surface area contributed by atoms with Gasteiger partial charge < -0.3 is 15.1 Å². The molecule has 1 saturated heterocycles. The fraction of sp³-hybridized carbons (Fsp3) is 0.636.